The number of carbonyl (C=O) groups is 1. The molecule has 1 aromatic rings. The van der Waals surface area contributed by atoms with Crippen molar-refractivity contribution in [2.24, 2.45) is 0 Å². The molecule has 0 saturated heterocycles. The van der Waals surface area contributed by atoms with Gasteiger partial charge < -0.3 is 4.98 Å². The molecule has 1 aromatic heterocycles. The van der Waals surface area contributed by atoms with Crippen LogP contribution in [0.25, 0.3) is 0 Å². The summed E-state index contributed by atoms with van der Waals surface area (Å²) in [7, 11) is 0. The lowest BCUT2D eigenvalue weighted by molar-refractivity contribution is 0.0984. The van der Waals surface area contributed by atoms with E-state index in [2.05, 4.69) is 20.9 Å². The lowest BCUT2D eigenvalue weighted by Crippen LogP contribution is -1.95. The molecular formula is C7H8BrNO. The molecule has 0 radical (unpaired) electrons. The molecule has 1 heterocycles. The maximum absolute atomic E-state index is 11.0. The molecule has 0 fully saturated rings. The van der Waals surface area contributed by atoms with Gasteiger partial charge in [-0.2, -0.15) is 0 Å². The van der Waals surface area contributed by atoms with Gasteiger partial charge in [-0.25, -0.2) is 0 Å². The first-order valence-corrected chi connectivity index (χ1v) is 3.90. The molecule has 0 saturated carbocycles. The van der Waals surface area contributed by atoms with Crippen LogP contribution in [0.15, 0.2) is 16.7 Å². The molecule has 0 aliphatic heterocycles. The number of carbonyl (C=O) groups excluding carboxylic acids is 1. The SMILES string of the molecule is CCC(=O)c1cc(Br)c[nH]1. The van der Waals surface area contributed by atoms with Crippen molar-refractivity contribution in [1.82, 2.24) is 4.98 Å². The van der Waals surface area contributed by atoms with Gasteiger partial charge in [-0.15, -0.1) is 0 Å². The topological polar surface area (TPSA) is 32.9 Å². The molecule has 0 aliphatic rings. The van der Waals surface area contributed by atoms with Gasteiger partial charge in [0.15, 0.2) is 5.78 Å². The highest BCUT2D eigenvalue weighted by Gasteiger charge is 2.03. The second-order valence-electron chi connectivity index (χ2n) is 2.01. The molecule has 1 rings (SSSR count). The number of hydrogen-bond acceptors (Lipinski definition) is 1. The maximum Gasteiger partial charge on any atom is 0.178 e. The molecule has 10 heavy (non-hydrogen) atoms. The molecule has 2 nitrogen and oxygen atoms in total. The van der Waals surface area contributed by atoms with E-state index in [0.717, 1.165) is 4.47 Å². The molecular weight excluding hydrogens is 194 g/mol. The molecule has 0 unspecified atom stereocenters. The fourth-order valence-electron chi connectivity index (χ4n) is 0.719. The van der Waals surface area contributed by atoms with Gasteiger partial charge in [0.1, 0.15) is 0 Å². The van der Waals surface area contributed by atoms with Crippen LogP contribution in [0.4, 0.5) is 0 Å². The Kier molecular flexibility index (Phi) is 2.27. The molecule has 0 bridgehead atoms. The van der Waals surface area contributed by atoms with Crippen LogP contribution in [0.2, 0.25) is 0 Å². The molecule has 0 amide bonds. The van der Waals surface area contributed by atoms with E-state index >= 15 is 0 Å². The van der Waals surface area contributed by atoms with Crippen molar-refractivity contribution in [3.8, 4) is 0 Å². The van der Waals surface area contributed by atoms with Gasteiger partial charge in [0, 0.05) is 17.1 Å². The largest absolute Gasteiger partial charge is 0.358 e. The second kappa shape index (κ2) is 3.01. The first-order valence-electron chi connectivity index (χ1n) is 3.11. The van der Waals surface area contributed by atoms with Gasteiger partial charge in [0.25, 0.3) is 0 Å². The Balaban J connectivity index is 2.85. The minimum Gasteiger partial charge on any atom is -0.358 e. The van der Waals surface area contributed by atoms with Gasteiger partial charge in [-0.3, -0.25) is 4.79 Å². The number of aromatic nitrogens is 1. The minimum absolute atomic E-state index is 0.144. The standard InChI is InChI=1S/C7H8BrNO/c1-2-7(10)6-3-5(8)4-9-6/h3-4,9H,2H2,1H3. The molecule has 54 valence electrons. The van der Waals surface area contributed by atoms with Crippen molar-refractivity contribution < 1.29 is 4.79 Å². The fraction of sp³-hybridized carbons (Fsp3) is 0.286. The van der Waals surface area contributed by atoms with E-state index in [9.17, 15) is 4.79 Å². The van der Waals surface area contributed by atoms with Crippen molar-refractivity contribution in [2.45, 2.75) is 13.3 Å². The average molecular weight is 202 g/mol. The summed E-state index contributed by atoms with van der Waals surface area (Å²) in [6.07, 6.45) is 2.30. The van der Waals surface area contributed by atoms with Crippen LogP contribution in [0.5, 0.6) is 0 Å². The number of aromatic amines is 1. The Morgan fingerprint density at radius 1 is 1.80 bits per heavy atom. The van der Waals surface area contributed by atoms with Crippen LogP contribution in [0.3, 0.4) is 0 Å². The summed E-state index contributed by atoms with van der Waals surface area (Å²) >= 11 is 3.25. The number of hydrogen-bond donors (Lipinski definition) is 1. The third kappa shape index (κ3) is 1.48. The second-order valence-corrected chi connectivity index (χ2v) is 2.92. The molecule has 0 aromatic carbocycles. The normalized spacial score (nSPS) is 9.80. The van der Waals surface area contributed by atoms with E-state index in [0.29, 0.717) is 12.1 Å². The summed E-state index contributed by atoms with van der Waals surface area (Å²) in [6.45, 7) is 1.84. The van der Waals surface area contributed by atoms with Crippen LogP contribution in [0.1, 0.15) is 23.8 Å². The van der Waals surface area contributed by atoms with E-state index in [1.807, 2.05) is 6.92 Å². The van der Waals surface area contributed by atoms with Crippen molar-refractivity contribution in [2.75, 3.05) is 0 Å². The highest BCUT2D eigenvalue weighted by atomic mass is 79.9. The minimum atomic E-state index is 0.144. The van der Waals surface area contributed by atoms with Gasteiger partial charge in [-0.1, -0.05) is 6.92 Å². The summed E-state index contributed by atoms with van der Waals surface area (Å²) in [5.41, 5.74) is 0.675. The Hall–Kier alpha value is -0.570. The number of halogens is 1. The average Bonchev–Trinajstić information content (AvgIpc) is 2.34. The molecule has 0 atom stereocenters. The predicted molar refractivity (Wildman–Crippen MR) is 43.1 cm³/mol. The highest BCUT2D eigenvalue weighted by Crippen LogP contribution is 2.11. The van der Waals surface area contributed by atoms with Crippen molar-refractivity contribution in [3.05, 3.63) is 22.4 Å². The third-order valence-corrected chi connectivity index (χ3v) is 1.73. The number of H-pyrrole nitrogens is 1. The fourth-order valence-corrected chi connectivity index (χ4v) is 1.06. The van der Waals surface area contributed by atoms with E-state index in [4.69, 9.17) is 0 Å². The lowest BCUT2D eigenvalue weighted by atomic mass is 10.2. The van der Waals surface area contributed by atoms with Crippen LogP contribution < -0.4 is 0 Å². The maximum atomic E-state index is 11.0. The molecule has 3 heteroatoms. The number of rotatable bonds is 2. The van der Waals surface area contributed by atoms with Crippen LogP contribution in [-0.2, 0) is 0 Å². The summed E-state index contributed by atoms with van der Waals surface area (Å²) in [5.74, 6) is 0.144. The van der Waals surface area contributed by atoms with Gasteiger partial charge in [-0.05, 0) is 22.0 Å². The van der Waals surface area contributed by atoms with E-state index in [-0.39, 0.29) is 5.78 Å². The number of Topliss-reactive ketones (excluding diaryl/α,β-unsaturated/α-hetero) is 1. The Morgan fingerprint density at radius 2 is 2.50 bits per heavy atom. The highest BCUT2D eigenvalue weighted by molar-refractivity contribution is 9.10. The summed E-state index contributed by atoms with van der Waals surface area (Å²) in [6, 6.07) is 1.78. The van der Waals surface area contributed by atoms with E-state index in [1.54, 1.807) is 12.3 Å². The zero-order chi connectivity index (χ0) is 7.56. The first-order chi connectivity index (χ1) is 4.74. The Labute approximate surface area is 67.8 Å². The first kappa shape index (κ1) is 7.54. The van der Waals surface area contributed by atoms with Gasteiger partial charge in [0.05, 0.1) is 5.69 Å². The summed E-state index contributed by atoms with van der Waals surface area (Å²) < 4.78 is 0.921. The van der Waals surface area contributed by atoms with Crippen LogP contribution >= 0.6 is 15.9 Å². The smallest absolute Gasteiger partial charge is 0.178 e. The van der Waals surface area contributed by atoms with Crippen molar-refractivity contribution in [1.29, 1.82) is 0 Å². The van der Waals surface area contributed by atoms with Crippen LogP contribution in [0, 0.1) is 0 Å². The van der Waals surface area contributed by atoms with Crippen LogP contribution in [-0.4, -0.2) is 10.8 Å². The van der Waals surface area contributed by atoms with E-state index in [1.165, 1.54) is 0 Å². The zero-order valence-corrected chi connectivity index (χ0v) is 7.23. The Morgan fingerprint density at radius 3 is 2.90 bits per heavy atom. The van der Waals surface area contributed by atoms with E-state index < -0.39 is 0 Å². The summed E-state index contributed by atoms with van der Waals surface area (Å²) in [5, 5.41) is 0. The summed E-state index contributed by atoms with van der Waals surface area (Å²) in [4.78, 5) is 13.8. The van der Waals surface area contributed by atoms with Crippen molar-refractivity contribution >= 4 is 21.7 Å². The molecule has 1 N–H and O–H groups in total. The van der Waals surface area contributed by atoms with Gasteiger partial charge in [0.2, 0.25) is 0 Å². The zero-order valence-electron chi connectivity index (χ0n) is 5.65. The monoisotopic (exact) mass is 201 g/mol. The quantitative estimate of drug-likeness (QED) is 0.733. The third-order valence-electron chi connectivity index (χ3n) is 1.27. The van der Waals surface area contributed by atoms with Gasteiger partial charge >= 0.3 is 0 Å². The molecule has 0 aliphatic carbocycles. The predicted octanol–water partition coefficient (Wildman–Crippen LogP) is 2.37. The molecule has 0 spiro atoms. The van der Waals surface area contributed by atoms with Crippen molar-refractivity contribution in [3.63, 3.8) is 0 Å². The number of ketones is 1. The lowest BCUT2D eigenvalue weighted by Gasteiger charge is -1.88. The number of nitrogens with one attached hydrogen (secondary N) is 1. The Bertz CT molecular complexity index is 242.